The summed E-state index contributed by atoms with van der Waals surface area (Å²) in [6.45, 7) is 5.14. The number of rotatable bonds is 7. The molecule has 0 aromatic heterocycles. The minimum Gasteiger partial charge on any atom is -0.386 e. The number of benzene rings is 2. The molecule has 3 saturated carbocycles. The lowest BCUT2D eigenvalue weighted by molar-refractivity contribution is -0.125. The van der Waals surface area contributed by atoms with Crippen LogP contribution in [0.3, 0.4) is 0 Å². The lowest BCUT2D eigenvalue weighted by Crippen LogP contribution is -2.56. The molecule has 2 atom stereocenters. The lowest BCUT2D eigenvalue weighted by Gasteiger charge is -2.58. The molecule has 0 saturated heterocycles. The molecule has 33 heavy (non-hydrogen) atoms. The number of amides is 2. The molecule has 2 aromatic rings. The molecule has 7 heteroatoms. The molecule has 0 heterocycles. The molecule has 3 aliphatic carbocycles. The molecular formula is C26H29Br2N3O2. The van der Waals surface area contributed by atoms with Gasteiger partial charge in [0, 0.05) is 33.4 Å². The fourth-order valence-electron chi connectivity index (χ4n) is 4.96. The Labute approximate surface area is 212 Å². The SMILES string of the molecule is CC1(C)C2CC(NC(=O)/C(=C/NCc3ccccc3Br)C(=O)Nc3ccc(Br)cc3)CC1C2. The monoisotopic (exact) mass is 573 g/mol. The largest absolute Gasteiger partial charge is 0.386 e. The molecule has 5 rings (SSSR count). The van der Waals surface area contributed by atoms with E-state index in [0.717, 1.165) is 27.4 Å². The predicted octanol–water partition coefficient (Wildman–Crippen LogP) is 5.76. The van der Waals surface area contributed by atoms with Gasteiger partial charge in [0.15, 0.2) is 0 Å². The molecule has 2 amide bonds. The van der Waals surface area contributed by atoms with Crippen molar-refractivity contribution in [1.82, 2.24) is 10.6 Å². The van der Waals surface area contributed by atoms with Gasteiger partial charge in [0.25, 0.3) is 11.8 Å². The number of fused-ring (bicyclic) bond motifs is 2. The smallest absolute Gasteiger partial charge is 0.262 e. The quantitative estimate of drug-likeness (QED) is 0.223. The highest BCUT2D eigenvalue weighted by Crippen LogP contribution is 2.59. The van der Waals surface area contributed by atoms with E-state index < -0.39 is 5.91 Å². The highest BCUT2D eigenvalue weighted by Gasteiger charge is 2.52. The number of anilines is 1. The summed E-state index contributed by atoms with van der Waals surface area (Å²) in [5, 5.41) is 9.11. The van der Waals surface area contributed by atoms with Crippen LogP contribution < -0.4 is 16.0 Å². The van der Waals surface area contributed by atoms with Gasteiger partial charge in [-0.2, -0.15) is 0 Å². The molecule has 3 N–H and O–H groups in total. The Morgan fingerprint density at radius 3 is 2.27 bits per heavy atom. The topological polar surface area (TPSA) is 70.2 Å². The summed E-state index contributed by atoms with van der Waals surface area (Å²) in [7, 11) is 0. The minimum atomic E-state index is -0.434. The van der Waals surface area contributed by atoms with Gasteiger partial charge in [-0.05, 0) is 72.4 Å². The van der Waals surface area contributed by atoms with E-state index in [4.69, 9.17) is 0 Å². The first-order chi connectivity index (χ1) is 15.7. The van der Waals surface area contributed by atoms with Crippen LogP contribution in [0.25, 0.3) is 0 Å². The standard InChI is InChI=1S/C26H29Br2N3O2/c1-26(2)17-11-18(26)13-21(12-17)31-25(33)22(15-29-14-16-5-3-4-6-23(16)28)24(32)30-20-9-7-19(27)8-10-20/h3-10,15,17-18,21,29H,11-14H2,1-2H3,(H,30,32)(H,31,33)/b22-15+. The molecule has 0 spiro atoms. The van der Waals surface area contributed by atoms with Crippen LogP contribution in [-0.2, 0) is 16.1 Å². The van der Waals surface area contributed by atoms with E-state index in [1.54, 1.807) is 12.1 Å². The number of halogens is 2. The molecule has 2 aromatic carbocycles. The van der Waals surface area contributed by atoms with Gasteiger partial charge in [0.1, 0.15) is 5.57 Å². The van der Waals surface area contributed by atoms with Gasteiger partial charge in [0.05, 0.1) is 0 Å². The van der Waals surface area contributed by atoms with Crippen molar-refractivity contribution in [3.63, 3.8) is 0 Å². The average molecular weight is 575 g/mol. The van der Waals surface area contributed by atoms with Gasteiger partial charge in [-0.1, -0.05) is 63.9 Å². The minimum absolute atomic E-state index is 0.0727. The van der Waals surface area contributed by atoms with Crippen LogP contribution in [0.5, 0.6) is 0 Å². The fraction of sp³-hybridized carbons (Fsp3) is 0.385. The summed E-state index contributed by atoms with van der Waals surface area (Å²) in [4.78, 5) is 26.3. The summed E-state index contributed by atoms with van der Waals surface area (Å²) >= 11 is 6.93. The molecule has 3 aliphatic rings. The fourth-order valence-corrected chi connectivity index (χ4v) is 5.65. The maximum Gasteiger partial charge on any atom is 0.262 e. The van der Waals surface area contributed by atoms with E-state index in [2.05, 4.69) is 61.7 Å². The maximum absolute atomic E-state index is 13.2. The normalized spacial score (nSPS) is 23.3. The van der Waals surface area contributed by atoms with Gasteiger partial charge in [-0.3, -0.25) is 9.59 Å². The Kier molecular flexibility index (Phi) is 7.29. The molecule has 3 fully saturated rings. The third-order valence-corrected chi connectivity index (χ3v) is 8.54. The number of carbonyl (C=O) groups excluding carboxylic acids is 2. The molecule has 2 bridgehead atoms. The lowest BCUT2D eigenvalue weighted by atomic mass is 9.48. The number of carbonyl (C=O) groups is 2. The van der Waals surface area contributed by atoms with Crippen LogP contribution in [0.2, 0.25) is 0 Å². The molecule has 174 valence electrons. The number of nitrogens with one attached hydrogen (secondary N) is 3. The first-order valence-corrected chi connectivity index (χ1v) is 12.9. The number of hydrogen-bond donors (Lipinski definition) is 3. The third-order valence-electron chi connectivity index (χ3n) is 7.23. The molecule has 5 nitrogen and oxygen atoms in total. The van der Waals surface area contributed by atoms with E-state index in [9.17, 15) is 9.59 Å². The van der Waals surface area contributed by atoms with Crippen LogP contribution in [0, 0.1) is 17.3 Å². The van der Waals surface area contributed by atoms with Crippen molar-refractivity contribution in [2.24, 2.45) is 17.3 Å². The predicted molar refractivity (Wildman–Crippen MR) is 138 cm³/mol. The van der Waals surface area contributed by atoms with Gasteiger partial charge in [-0.15, -0.1) is 0 Å². The highest BCUT2D eigenvalue weighted by atomic mass is 79.9. The van der Waals surface area contributed by atoms with Crippen LogP contribution >= 0.6 is 31.9 Å². The third kappa shape index (κ3) is 5.52. The average Bonchev–Trinajstić information content (AvgIpc) is 2.79. The van der Waals surface area contributed by atoms with Gasteiger partial charge >= 0.3 is 0 Å². The van der Waals surface area contributed by atoms with E-state index in [1.807, 2.05) is 36.4 Å². The van der Waals surface area contributed by atoms with Gasteiger partial charge in [0.2, 0.25) is 0 Å². The molecule has 0 aliphatic heterocycles. The molecule has 0 radical (unpaired) electrons. The highest BCUT2D eigenvalue weighted by molar-refractivity contribution is 9.10. The molecular weight excluding hydrogens is 546 g/mol. The zero-order valence-corrected chi connectivity index (χ0v) is 22.0. The Morgan fingerprint density at radius 1 is 0.970 bits per heavy atom. The maximum atomic E-state index is 13.2. The zero-order chi connectivity index (χ0) is 23.6. The Balaban J connectivity index is 1.46. The van der Waals surface area contributed by atoms with Crippen molar-refractivity contribution < 1.29 is 9.59 Å². The van der Waals surface area contributed by atoms with Crippen molar-refractivity contribution in [2.45, 2.75) is 45.7 Å². The van der Waals surface area contributed by atoms with E-state index in [-0.39, 0.29) is 17.5 Å². The second-order valence-electron chi connectivity index (χ2n) is 9.58. The van der Waals surface area contributed by atoms with Crippen LogP contribution in [0.15, 0.2) is 69.2 Å². The Bertz CT molecular complexity index is 1050. The Hall–Kier alpha value is -2.12. The summed E-state index contributed by atoms with van der Waals surface area (Å²) in [5.74, 6) is 0.502. The second-order valence-corrected chi connectivity index (χ2v) is 11.4. The second kappa shape index (κ2) is 10.0. The van der Waals surface area contributed by atoms with Crippen molar-refractivity contribution >= 4 is 49.4 Å². The van der Waals surface area contributed by atoms with Crippen LogP contribution in [0.4, 0.5) is 5.69 Å². The van der Waals surface area contributed by atoms with E-state index >= 15 is 0 Å². The van der Waals surface area contributed by atoms with Gasteiger partial charge < -0.3 is 16.0 Å². The Morgan fingerprint density at radius 2 is 1.64 bits per heavy atom. The van der Waals surface area contributed by atoms with Crippen molar-refractivity contribution in [1.29, 1.82) is 0 Å². The zero-order valence-electron chi connectivity index (χ0n) is 18.8. The first kappa shape index (κ1) is 24.0. The van der Waals surface area contributed by atoms with Crippen LogP contribution in [0.1, 0.15) is 38.7 Å². The van der Waals surface area contributed by atoms with Crippen molar-refractivity contribution in [3.05, 3.63) is 74.8 Å². The van der Waals surface area contributed by atoms with Crippen molar-refractivity contribution in [3.8, 4) is 0 Å². The van der Waals surface area contributed by atoms with Gasteiger partial charge in [-0.25, -0.2) is 0 Å². The van der Waals surface area contributed by atoms with E-state index in [1.165, 1.54) is 12.6 Å². The summed E-state index contributed by atoms with van der Waals surface area (Å²) in [6, 6.07) is 15.2. The first-order valence-electron chi connectivity index (χ1n) is 11.3. The summed E-state index contributed by atoms with van der Waals surface area (Å²) < 4.78 is 1.89. The van der Waals surface area contributed by atoms with E-state index in [0.29, 0.717) is 29.5 Å². The van der Waals surface area contributed by atoms with Crippen molar-refractivity contribution in [2.75, 3.05) is 5.32 Å². The number of hydrogen-bond acceptors (Lipinski definition) is 3. The van der Waals surface area contributed by atoms with Crippen LogP contribution in [-0.4, -0.2) is 17.9 Å². The molecule has 2 unspecified atom stereocenters. The summed E-state index contributed by atoms with van der Waals surface area (Å²) in [6.07, 6.45) is 4.72. The summed E-state index contributed by atoms with van der Waals surface area (Å²) in [5.41, 5.74) is 2.11.